The average Bonchev–Trinajstić information content (AvgIpc) is 2.47. The van der Waals surface area contributed by atoms with E-state index in [0.29, 0.717) is 11.8 Å². The van der Waals surface area contributed by atoms with Crippen molar-refractivity contribution in [3.05, 3.63) is 47.2 Å². The maximum Gasteiger partial charge on any atom is 0.212 e. The zero-order valence-electron chi connectivity index (χ0n) is 18.4. The number of pyridine rings is 1. The van der Waals surface area contributed by atoms with Gasteiger partial charge in [-0.05, 0) is 54.4 Å². The van der Waals surface area contributed by atoms with Gasteiger partial charge in [0.15, 0.2) is 6.20 Å². The van der Waals surface area contributed by atoms with Crippen LogP contribution in [0.4, 0.5) is 0 Å². The third-order valence-electron chi connectivity index (χ3n) is 5.01. The molecule has 0 aliphatic rings. The van der Waals surface area contributed by atoms with Crippen LogP contribution in [0.5, 0.6) is 0 Å². The Morgan fingerprint density at radius 1 is 0.923 bits per heavy atom. The quantitative estimate of drug-likeness (QED) is 0.473. The van der Waals surface area contributed by atoms with Gasteiger partial charge in [-0.3, -0.25) is 0 Å². The molecule has 1 nitrogen and oxygen atoms in total. The topological polar surface area (TPSA) is 3.88 Å². The number of rotatable bonds is 6. The highest BCUT2D eigenvalue weighted by Gasteiger charge is 2.26. The van der Waals surface area contributed by atoms with Crippen LogP contribution in [-0.2, 0) is 19.9 Å². The molecule has 0 unspecified atom stereocenters. The molecule has 1 aromatic heterocycles. The first-order valence-electron chi connectivity index (χ1n) is 10.1. The monoisotopic (exact) mass is 368 g/mol. The van der Waals surface area contributed by atoms with Crippen molar-refractivity contribution in [2.24, 2.45) is 18.9 Å². The average molecular weight is 369 g/mol. The molecule has 1 heterocycles. The van der Waals surface area contributed by atoms with Crippen LogP contribution >= 0.6 is 0 Å². The van der Waals surface area contributed by atoms with Crippen LogP contribution in [0.2, 0.25) is 19.6 Å². The Hall–Kier alpha value is -1.41. The molecule has 0 amide bonds. The second kappa shape index (κ2) is 8.08. The van der Waals surface area contributed by atoms with E-state index in [9.17, 15) is 0 Å². The molecule has 0 atom stereocenters. The summed E-state index contributed by atoms with van der Waals surface area (Å²) in [4.78, 5) is 0. The van der Waals surface area contributed by atoms with Gasteiger partial charge in [0, 0.05) is 16.8 Å². The molecule has 0 fully saturated rings. The van der Waals surface area contributed by atoms with Crippen molar-refractivity contribution in [1.82, 2.24) is 0 Å². The predicted molar refractivity (Wildman–Crippen MR) is 118 cm³/mol. The SMILES string of the molecule is Cc1cc(CC(C)C)ccc1-c1cc(CC(C)C)c([Si](C)(C)C)c[n+]1C. The van der Waals surface area contributed by atoms with Crippen molar-refractivity contribution in [1.29, 1.82) is 0 Å². The van der Waals surface area contributed by atoms with Gasteiger partial charge in [0.25, 0.3) is 0 Å². The molecule has 1 aromatic carbocycles. The van der Waals surface area contributed by atoms with Crippen molar-refractivity contribution in [3.63, 3.8) is 0 Å². The van der Waals surface area contributed by atoms with E-state index in [2.05, 4.69) is 96.3 Å². The first-order chi connectivity index (χ1) is 12.0. The van der Waals surface area contributed by atoms with Crippen LogP contribution in [0.1, 0.15) is 44.4 Å². The number of benzene rings is 1. The number of hydrogen-bond donors (Lipinski definition) is 0. The van der Waals surface area contributed by atoms with Gasteiger partial charge >= 0.3 is 0 Å². The fourth-order valence-corrected chi connectivity index (χ4v) is 5.57. The normalized spacial score (nSPS) is 12.3. The van der Waals surface area contributed by atoms with Gasteiger partial charge in [-0.2, -0.15) is 0 Å². The maximum absolute atomic E-state index is 2.47. The number of aryl methyl sites for hydroxylation is 2. The molecule has 0 saturated carbocycles. The second-order valence-electron chi connectivity index (χ2n) is 9.80. The molecule has 26 heavy (non-hydrogen) atoms. The summed E-state index contributed by atoms with van der Waals surface area (Å²) in [5.74, 6) is 1.38. The lowest BCUT2D eigenvalue weighted by molar-refractivity contribution is -0.659. The fourth-order valence-electron chi connectivity index (χ4n) is 3.85. The van der Waals surface area contributed by atoms with E-state index in [0.717, 1.165) is 12.8 Å². The van der Waals surface area contributed by atoms with Gasteiger partial charge in [0.1, 0.15) is 7.05 Å². The van der Waals surface area contributed by atoms with Crippen LogP contribution in [0.15, 0.2) is 30.5 Å². The first-order valence-corrected chi connectivity index (χ1v) is 13.6. The van der Waals surface area contributed by atoms with E-state index in [4.69, 9.17) is 0 Å². The summed E-state index contributed by atoms with van der Waals surface area (Å²) in [5, 5.41) is 1.60. The first kappa shape index (κ1) is 20.9. The van der Waals surface area contributed by atoms with Crippen LogP contribution in [0, 0.1) is 18.8 Å². The van der Waals surface area contributed by atoms with Gasteiger partial charge in [0.05, 0.1) is 8.07 Å². The van der Waals surface area contributed by atoms with Crippen molar-refractivity contribution in [2.45, 2.75) is 67.1 Å². The lowest BCUT2D eigenvalue weighted by Crippen LogP contribution is -2.47. The summed E-state index contributed by atoms with van der Waals surface area (Å²) < 4.78 is 2.35. The molecule has 142 valence electrons. The molecule has 0 aliphatic carbocycles. The van der Waals surface area contributed by atoms with Crippen LogP contribution in [0.25, 0.3) is 11.3 Å². The van der Waals surface area contributed by atoms with Crippen LogP contribution in [0.3, 0.4) is 0 Å². The zero-order valence-corrected chi connectivity index (χ0v) is 19.4. The van der Waals surface area contributed by atoms with E-state index in [-0.39, 0.29) is 0 Å². The van der Waals surface area contributed by atoms with E-state index in [1.54, 1.807) is 10.8 Å². The summed E-state index contributed by atoms with van der Waals surface area (Å²) in [5.41, 5.74) is 7.10. The Morgan fingerprint density at radius 3 is 2.04 bits per heavy atom. The number of hydrogen-bond acceptors (Lipinski definition) is 0. The minimum Gasteiger partial charge on any atom is -0.201 e. The fraction of sp³-hybridized carbons (Fsp3) is 0.542. The third-order valence-corrected chi connectivity index (χ3v) is 7.07. The molecule has 2 rings (SSSR count). The van der Waals surface area contributed by atoms with Gasteiger partial charge in [0.2, 0.25) is 5.69 Å². The zero-order chi connectivity index (χ0) is 19.6. The molecule has 0 bridgehead atoms. The van der Waals surface area contributed by atoms with E-state index in [1.165, 1.54) is 22.4 Å². The lowest BCUT2D eigenvalue weighted by atomic mass is 9.95. The van der Waals surface area contributed by atoms with Crippen molar-refractivity contribution in [2.75, 3.05) is 0 Å². The standard InChI is InChI=1S/C24H38NSi/c1-17(2)12-20-10-11-22(19(5)14-20)23-15-21(13-18(3)4)24(16-25(23)6)26(7,8)9/h10-11,14-18H,12-13H2,1-9H3/q+1. The summed E-state index contributed by atoms with van der Waals surface area (Å²) >= 11 is 0. The third kappa shape index (κ3) is 5.06. The molecular weight excluding hydrogens is 330 g/mol. The lowest BCUT2D eigenvalue weighted by Gasteiger charge is -2.21. The summed E-state index contributed by atoms with van der Waals surface area (Å²) in [6, 6.07) is 9.49. The highest BCUT2D eigenvalue weighted by atomic mass is 28.3. The highest BCUT2D eigenvalue weighted by Crippen LogP contribution is 2.24. The molecule has 0 N–H and O–H groups in total. The highest BCUT2D eigenvalue weighted by molar-refractivity contribution is 6.88. The largest absolute Gasteiger partial charge is 0.212 e. The Bertz CT molecular complexity index is 767. The summed E-state index contributed by atoms with van der Waals surface area (Å²) in [6.07, 6.45) is 4.74. The smallest absolute Gasteiger partial charge is 0.201 e. The predicted octanol–water partition coefficient (Wildman–Crippen LogP) is 5.43. The Labute approximate surface area is 162 Å². The van der Waals surface area contributed by atoms with Gasteiger partial charge in [-0.15, -0.1) is 0 Å². The minimum atomic E-state index is -1.36. The van der Waals surface area contributed by atoms with Gasteiger partial charge in [-0.1, -0.05) is 59.5 Å². The molecule has 2 aromatic rings. The number of aromatic nitrogens is 1. The van der Waals surface area contributed by atoms with Crippen molar-refractivity contribution < 1.29 is 4.57 Å². The van der Waals surface area contributed by atoms with E-state index >= 15 is 0 Å². The molecular formula is C24H38NSi+. The van der Waals surface area contributed by atoms with Gasteiger partial charge < -0.3 is 0 Å². The molecule has 0 spiro atoms. The Kier molecular flexibility index (Phi) is 6.49. The summed E-state index contributed by atoms with van der Waals surface area (Å²) in [6.45, 7) is 18.9. The van der Waals surface area contributed by atoms with E-state index < -0.39 is 8.07 Å². The van der Waals surface area contributed by atoms with Crippen LogP contribution < -0.4 is 9.75 Å². The Balaban J connectivity index is 2.56. The second-order valence-corrected chi connectivity index (χ2v) is 14.8. The molecule has 0 aliphatic heterocycles. The molecule has 0 radical (unpaired) electrons. The maximum atomic E-state index is 2.47. The summed E-state index contributed by atoms with van der Waals surface area (Å²) in [7, 11) is 0.846. The number of nitrogens with zero attached hydrogens (tertiary/aromatic N) is 1. The minimum absolute atomic E-state index is 0.681. The van der Waals surface area contributed by atoms with E-state index in [1.807, 2.05) is 0 Å². The van der Waals surface area contributed by atoms with Crippen LogP contribution in [-0.4, -0.2) is 8.07 Å². The van der Waals surface area contributed by atoms with Gasteiger partial charge in [-0.25, -0.2) is 4.57 Å². The molecule has 0 saturated heterocycles. The molecule has 2 heteroatoms. The van der Waals surface area contributed by atoms with Crippen molar-refractivity contribution >= 4 is 13.3 Å². The Morgan fingerprint density at radius 2 is 1.54 bits per heavy atom. The van der Waals surface area contributed by atoms with Crippen molar-refractivity contribution in [3.8, 4) is 11.3 Å².